The van der Waals surface area contributed by atoms with Crippen LogP contribution in [0.5, 0.6) is 0 Å². The van der Waals surface area contributed by atoms with Gasteiger partial charge in [0.1, 0.15) is 5.82 Å². The van der Waals surface area contributed by atoms with Crippen LogP contribution in [0.25, 0.3) is 21.5 Å². The van der Waals surface area contributed by atoms with Crippen molar-refractivity contribution in [2.24, 2.45) is 0 Å². The number of nitrogens with one attached hydrogen (secondary N) is 1. The summed E-state index contributed by atoms with van der Waals surface area (Å²) < 4.78 is 45.3. The van der Waals surface area contributed by atoms with Gasteiger partial charge in [0.05, 0.1) is 16.3 Å². The molecule has 0 atom stereocenters. The minimum atomic E-state index is -4.23. The fourth-order valence-electron chi connectivity index (χ4n) is 4.09. The smallest absolute Gasteiger partial charge is 0.282 e. The summed E-state index contributed by atoms with van der Waals surface area (Å²) in [6.45, 7) is 1.65. The number of nitrogens with zero attached hydrogens (tertiary/aromatic N) is 1. The molecule has 0 spiro atoms. The molecule has 0 bridgehead atoms. The van der Waals surface area contributed by atoms with Crippen molar-refractivity contribution in [3.63, 3.8) is 0 Å². The Morgan fingerprint density at radius 1 is 0.743 bits per heavy atom. The Hall–Kier alpha value is -2.94. The fourth-order valence-corrected chi connectivity index (χ4v) is 6.62. The highest BCUT2D eigenvalue weighted by atomic mass is 79.9. The molecule has 0 aliphatic heterocycles. The minimum absolute atomic E-state index is 0.113. The Bertz CT molecular complexity index is 1710. The molecule has 0 aromatic heterocycles. The summed E-state index contributed by atoms with van der Waals surface area (Å²) in [6, 6.07) is 26.2. The third kappa shape index (κ3) is 4.30. The van der Waals surface area contributed by atoms with Crippen molar-refractivity contribution in [2.45, 2.75) is 11.8 Å². The Labute approximate surface area is 219 Å². The van der Waals surface area contributed by atoms with Gasteiger partial charge in [0, 0.05) is 19.7 Å². The minimum Gasteiger partial charge on any atom is -0.284 e. The predicted octanol–water partition coefficient (Wildman–Crippen LogP) is 8.19. The molecule has 5 aromatic rings. The van der Waals surface area contributed by atoms with E-state index in [9.17, 15) is 12.8 Å². The molecule has 0 saturated heterocycles. The van der Waals surface area contributed by atoms with Crippen LogP contribution >= 0.6 is 31.9 Å². The van der Waals surface area contributed by atoms with Gasteiger partial charge >= 0.3 is 0 Å². The zero-order valence-corrected chi connectivity index (χ0v) is 22.5. The molecule has 4 nitrogen and oxygen atoms in total. The highest BCUT2D eigenvalue weighted by Crippen LogP contribution is 2.37. The van der Waals surface area contributed by atoms with Crippen LogP contribution in [0.2, 0.25) is 0 Å². The predicted molar refractivity (Wildman–Crippen MR) is 148 cm³/mol. The second-order valence-electron chi connectivity index (χ2n) is 8.04. The lowest BCUT2D eigenvalue weighted by Gasteiger charge is -2.28. The van der Waals surface area contributed by atoms with Crippen molar-refractivity contribution >= 4 is 74.8 Å². The molecule has 1 N–H and O–H groups in total. The molecule has 0 fully saturated rings. The van der Waals surface area contributed by atoms with E-state index in [1.54, 1.807) is 19.1 Å². The molecule has 176 valence electrons. The third-order valence-corrected chi connectivity index (χ3v) is 8.98. The molecule has 0 heterocycles. The zero-order chi connectivity index (χ0) is 24.7. The van der Waals surface area contributed by atoms with Crippen LogP contribution < -0.4 is 9.84 Å². The van der Waals surface area contributed by atoms with Crippen LogP contribution in [-0.4, -0.2) is 8.42 Å². The van der Waals surface area contributed by atoms with Crippen LogP contribution in [0.15, 0.2) is 105 Å². The average Bonchev–Trinajstić information content (AvgIpc) is 2.86. The van der Waals surface area contributed by atoms with Gasteiger partial charge in [-0.15, -0.1) is 0 Å². The Morgan fingerprint density at radius 2 is 1.31 bits per heavy atom. The van der Waals surface area contributed by atoms with E-state index < -0.39 is 15.8 Å². The summed E-state index contributed by atoms with van der Waals surface area (Å²) in [7, 11) is -4.23. The van der Waals surface area contributed by atoms with Gasteiger partial charge in [0.15, 0.2) is 0 Å². The summed E-state index contributed by atoms with van der Waals surface area (Å²) >= 11 is 7.13. The molecule has 35 heavy (non-hydrogen) atoms. The molecule has 0 amide bonds. The number of aryl methyl sites for hydroxylation is 1. The van der Waals surface area contributed by atoms with E-state index in [1.807, 2.05) is 60.7 Å². The number of hydrazine groups is 1. The van der Waals surface area contributed by atoms with Crippen LogP contribution in [0.4, 0.5) is 15.8 Å². The summed E-state index contributed by atoms with van der Waals surface area (Å²) in [5, 5.41) is 3.33. The topological polar surface area (TPSA) is 49.4 Å². The number of halogens is 3. The largest absolute Gasteiger partial charge is 0.284 e. The molecule has 0 aliphatic carbocycles. The number of fused-ring (bicyclic) bond motifs is 2. The Morgan fingerprint density at radius 3 is 2.00 bits per heavy atom. The molecule has 5 aromatic carbocycles. The van der Waals surface area contributed by atoms with Gasteiger partial charge in [-0.25, -0.2) is 4.39 Å². The van der Waals surface area contributed by atoms with Crippen molar-refractivity contribution in [1.82, 2.24) is 0 Å². The maximum Gasteiger partial charge on any atom is 0.282 e. The lowest BCUT2D eigenvalue weighted by molar-refractivity contribution is 0.588. The quantitative estimate of drug-likeness (QED) is 0.203. The van der Waals surface area contributed by atoms with Crippen molar-refractivity contribution in [2.75, 3.05) is 9.84 Å². The lowest BCUT2D eigenvalue weighted by atomic mass is 10.1. The van der Waals surface area contributed by atoms with Gasteiger partial charge in [0.2, 0.25) is 0 Å². The molecule has 5 rings (SSSR count). The fraction of sp³-hybridized carbons (Fsp3) is 0.0370. The van der Waals surface area contributed by atoms with Gasteiger partial charge in [-0.2, -0.15) is 12.8 Å². The van der Waals surface area contributed by atoms with Crippen LogP contribution in [-0.2, 0) is 10.0 Å². The van der Waals surface area contributed by atoms with Gasteiger partial charge in [-0.1, -0.05) is 86.5 Å². The van der Waals surface area contributed by atoms with E-state index in [-0.39, 0.29) is 4.90 Å². The second-order valence-corrected chi connectivity index (χ2v) is 11.5. The molecule has 8 heteroatoms. The van der Waals surface area contributed by atoms with Crippen LogP contribution in [0, 0.1) is 12.7 Å². The Kier molecular flexibility index (Phi) is 6.29. The number of benzene rings is 5. The van der Waals surface area contributed by atoms with Crippen molar-refractivity contribution in [3.05, 3.63) is 111 Å². The average molecular weight is 614 g/mol. The number of hydrogen-bond acceptors (Lipinski definition) is 3. The second kappa shape index (κ2) is 9.26. The van der Waals surface area contributed by atoms with Crippen molar-refractivity contribution < 1.29 is 12.8 Å². The lowest BCUT2D eigenvalue weighted by Crippen LogP contribution is -2.37. The van der Waals surface area contributed by atoms with Gasteiger partial charge in [-0.05, 0) is 59.7 Å². The van der Waals surface area contributed by atoms with E-state index >= 15 is 0 Å². The van der Waals surface area contributed by atoms with E-state index in [1.165, 1.54) is 12.1 Å². The summed E-state index contributed by atoms with van der Waals surface area (Å²) in [6.07, 6.45) is 0. The number of anilines is 2. The molecule has 0 radical (unpaired) electrons. The van der Waals surface area contributed by atoms with Crippen LogP contribution in [0.1, 0.15) is 5.56 Å². The van der Waals surface area contributed by atoms with Gasteiger partial charge < -0.3 is 0 Å². The SMILES string of the molecule is Cc1ccc(F)cc1S(=O)(=O)N(Nc1ccc(Br)c2ccccc12)c1ccc(Br)c2ccccc12. The first-order valence-electron chi connectivity index (χ1n) is 10.7. The monoisotopic (exact) mass is 612 g/mol. The first kappa shape index (κ1) is 23.8. The van der Waals surface area contributed by atoms with E-state index in [0.29, 0.717) is 22.3 Å². The van der Waals surface area contributed by atoms with Gasteiger partial charge in [0.25, 0.3) is 10.0 Å². The van der Waals surface area contributed by atoms with E-state index in [4.69, 9.17) is 0 Å². The summed E-state index contributed by atoms with van der Waals surface area (Å²) in [5.41, 5.74) is 4.60. The molecular weight excluding hydrogens is 595 g/mol. The maximum atomic E-state index is 14.2. The number of hydrogen-bond donors (Lipinski definition) is 1. The highest BCUT2D eigenvalue weighted by Gasteiger charge is 2.29. The first-order chi connectivity index (χ1) is 16.8. The standard InChI is InChI=1S/C27H19Br2FN2O2S/c1-17-10-11-18(30)16-27(17)35(33,34)32(26-15-13-24(29)20-7-3-5-9-22(20)26)31-25-14-12-23(28)19-6-2-4-8-21(19)25/h2-16,31H,1H3. The van der Waals surface area contributed by atoms with Gasteiger partial charge in [-0.3, -0.25) is 5.43 Å². The number of rotatable bonds is 5. The number of sulfonamides is 1. The van der Waals surface area contributed by atoms with E-state index in [0.717, 1.165) is 35.6 Å². The maximum absolute atomic E-state index is 14.2. The Balaban J connectivity index is 1.78. The summed E-state index contributed by atoms with van der Waals surface area (Å²) in [5.74, 6) is -0.621. The normalized spacial score (nSPS) is 11.7. The molecule has 0 aliphatic rings. The van der Waals surface area contributed by atoms with Crippen LogP contribution in [0.3, 0.4) is 0 Å². The summed E-state index contributed by atoms with van der Waals surface area (Å²) in [4.78, 5) is -0.113. The molecule has 0 saturated carbocycles. The molecule has 0 unspecified atom stereocenters. The highest BCUT2D eigenvalue weighted by molar-refractivity contribution is 9.11. The van der Waals surface area contributed by atoms with E-state index in [2.05, 4.69) is 37.3 Å². The van der Waals surface area contributed by atoms with Crippen molar-refractivity contribution in [1.29, 1.82) is 0 Å². The third-order valence-electron chi connectivity index (χ3n) is 5.83. The van der Waals surface area contributed by atoms with Crippen molar-refractivity contribution in [3.8, 4) is 0 Å². The molecular formula is C27H19Br2FN2O2S. The zero-order valence-electron chi connectivity index (χ0n) is 18.5. The first-order valence-corrected chi connectivity index (χ1v) is 13.7.